The summed E-state index contributed by atoms with van der Waals surface area (Å²) in [5.41, 5.74) is 5.49. The molecule has 0 aromatic heterocycles. The first-order chi connectivity index (χ1) is 16.1. The van der Waals surface area contributed by atoms with E-state index < -0.39 is 6.10 Å². The van der Waals surface area contributed by atoms with Crippen LogP contribution in [0.1, 0.15) is 5.56 Å². The molecule has 2 heterocycles. The van der Waals surface area contributed by atoms with Gasteiger partial charge in [-0.3, -0.25) is 9.69 Å². The van der Waals surface area contributed by atoms with Crippen molar-refractivity contribution in [2.24, 2.45) is 0 Å². The van der Waals surface area contributed by atoms with Crippen LogP contribution in [0.4, 0.5) is 11.4 Å². The fraction of sp³-hybridized carbons (Fsp3) is 0.296. The van der Waals surface area contributed by atoms with E-state index in [0.29, 0.717) is 18.7 Å². The van der Waals surface area contributed by atoms with Crippen LogP contribution in [0.2, 0.25) is 0 Å². The lowest BCUT2D eigenvalue weighted by Gasteiger charge is -2.37. The number of aliphatic hydroxyl groups excluding tert-OH is 1. The number of hydrogen-bond acceptors (Lipinski definition) is 5. The minimum Gasteiger partial charge on any atom is -0.491 e. The molecule has 2 aliphatic heterocycles. The van der Waals surface area contributed by atoms with E-state index in [-0.39, 0.29) is 12.5 Å². The van der Waals surface area contributed by atoms with Gasteiger partial charge in [0.2, 0.25) is 5.91 Å². The van der Waals surface area contributed by atoms with Crippen molar-refractivity contribution in [2.75, 3.05) is 49.5 Å². The van der Waals surface area contributed by atoms with E-state index >= 15 is 0 Å². The molecule has 1 amide bonds. The van der Waals surface area contributed by atoms with Crippen molar-refractivity contribution >= 4 is 17.3 Å². The van der Waals surface area contributed by atoms with Gasteiger partial charge in [-0.15, -0.1) is 0 Å². The Morgan fingerprint density at radius 2 is 1.64 bits per heavy atom. The number of ether oxygens (including phenoxy) is 1. The van der Waals surface area contributed by atoms with Gasteiger partial charge in [0.25, 0.3) is 0 Å². The van der Waals surface area contributed by atoms with Crippen LogP contribution < -0.4 is 15.0 Å². The Kier molecular flexibility index (Phi) is 6.28. The van der Waals surface area contributed by atoms with Gasteiger partial charge in [0.05, 0.1) is 6.42 Å². The molecule has 3 aromatic rings. The number of fused-ring (bicyclic) bond motifs is 1. The molecular weight excluding hydrogens is 414 g/mol. The normalized spacial score (nSPS) is 16.9. The van der Waals surface area contributed by atoms with Gasteiger partial charge in [0.15, 0.2) is 0 Å². The van der Waals surface area contributed by atoms with Crippen molar-refractivity contribution in [1.82, 2.24) is 4.90 Å². The third-order valence-corrected chi connectivity index (χ3v) is 6.33. The van der Waals surface area contributed by atoms with Gasteiger partial charge in [-0.05, 0) is 47.0 Å². The number of carbonyl (C=O) groups is 1. The number of hydrogen-bond donors (Lipinski definition) is 2. The maximum atomic E-state index is 11.5. The number of aliphatic hydroxyl groups is 1. The van der Waals surface area contributed by atoms with Crippen LogP contribution in [0.3, 0.4) is 0 Å². The van der Waals surface area contributed by atoms with Gasteiger partial charge in [0.1, 0.15) is 18.5 Å². The van der Waals surface area contributed by atoms with Crippen molar-refractivity contribution in [1.29, 1.82) is 0 Å². The molecule has 1 atom stereocenters. The molecule has 170 valence electrons. The molecule has 2 aliphatic rings. The zero-order valence-corrected chi connectivity index (χ0v) is 18.6. The van der Waals surface area contributed by atoms with E-state index in [0.717, 1.165) is 37.4 Å². The van der Waals surface area contributed by atoms with Crippen LogP contribution >= 0.6 is 0 Å². The fourth-order valence-corrected chi connectivity index (χ4v) is 4.52. The smallest absolute Gasteiger partial charge is 0.228 e. The summed E-state index contributed by atoms with van der Waals surface area (Å²) in [7, 11) is 0. The summed E-state index contributed by atoms with van der Waals surface area (Å²) in [5.74, 6) is 0.696. The molecular formula is C27H29N3O3. The van der Waals surface area contributed by atoms with Gasteiger partial charge in [-0.25, -0.2) is 0 Å². The minimum absolute atomic E-state index is 0.00784. The number of nitrogens with one attached hydrogen (secondary N) is 1. The highest BCUT2D eigenvalue weighted by Crippen LogP contribution is 2.27. The first-order valence-electron chi connectivity index (χ1n) is 11.5. The summed E-state index contributed by atoms with van der Waals surface area (Å²) >= 11 is 0. The van der Waals surface area contributed by atoms with E-state index in [4.69, 9.17) is 4.74 Å². The Balaban J connectivity index is 1.08. The highest BCUT2D eigenvalue weighted by molar-refractivity contribution is 5.99. The topological polar surface area (TPSA) is 65.0 Å². The predicted molar refractivity (Wildman–Crippen MR) is 131 cm³/mol. The molecule has 3 aromatic carbocycles. The van der Waals surface area contributed by atoms with E-state index in [1.807, 2.05) is 24.3 Å². The van der Waals surface area contributed by atoms with Crippen LogP contribution in [0.5, 0.6) is 5.75 Å². The van der Waals surface area contributed by atoms with Crippen molar-refractivity contribution < 1.29 is 14.6 Å². The molecule has 2 N–H and O–H groups in total. The predicted octanol–water partition coefficient (Wildman–Crippen LogP) is 3.41. The van der Waals surface area contributed by atoms with E-state index in [1.165, 1.54) is 16.8 Å². The number of carbonyl (C=O) groups excluding carboxylic acids is 1. The Morgan fingerprint density at radius 3 is 2.39 bits per heavy atom. The number of nitrogens with zero attached hydrogens (tertiary/aromatic N) is 2. The highest BCUT2D eigenvalue weighted by atomic mass is 16.5. The summed E-state index contributed by atoms with van der Waals surface area (Å²) in [4.78, 5) is 16.2. The number of rotatable bonds is 7. The van der Waals surface area contributed by atoms with Crippen LogP contribution in [0.25, 0.3) is 11.1 Å². The maximum absolute atomic E-state index is 11.5. The number of anilines is 2. The number of amides is 1. The monoisotopic (exact) mass is 443 g/mol. The first-order valence-corrected chi connectivity index (χ1v) is 11.5. The second kappa shape index (κ2) is 9.65. The summed E-state index contributed by atoms with van der Waals surface area (Å²) in [6.45, 7) is 4.51. The Hall–Kier alpha value is -3.35. The lowest BCUT2D eigenvalue weighted by atomic mass is 10.1. The molecule has 0 saturated carbocycles. The highest BCUT2D eigenvalue weighted by Gasteiger charge is 2.21. The molecule has 33 heavy (non-hydrogen) atoms. The van der Waals surface area contributed by atoms with Gasteiger partial charge in [-0.1, -0.05) is 42.5 Å². The fourth-order valence-electron chi connectivity index (χ4n) is 4.52. The van der Waals surface area contributed by atoms with Crippen molar-refractivity contribution in [3.8, 4) is 16.9 Å². The molecule has 6 heteroatoms. The summed E-state index contributed by atoms with van der Waals surface area (Å²) in [6.07, 6.45) is -0.177. The van der Waals surface area contributed by atoms with Crippen LogP contribution in [0.15, 0.2) is 72.8 Å². The number of β-amino-alcohol motifs (C(OH)–C–C–N with tert-alkyl or cyclic N) is 1. The Labute approximate surface area is 194 Å². The molecule has 0 bridgehead atoms. The average Bonchev–Trinajstić information content (AvgIpc) is 3.23. The van der Waals surface area contributed by atoms with E-state index in [1.54, 1.807) is 0 Å². The molecule has 1 fully saturated rings. The van der Waals surface area contributed by atoms with Crippen molar-refractivity contribution in [3.05, 3.63) is 78.4 Å². The number of benzene rings is 3. The van der Waals surface area contributed by atoms with E-state index in [9.17, 15) is 9.90 Å². The molecule has 0 aliphatic carbocycles. The lowest BCUT2D eigenvalue weighted by Crippen LogP contribution is -2.49. The van der Waals surface area contributed by atoms with Crippen molar-refractivity contribution in [2.45, 2.75) is 12.5 Å². The van der Waals surface area contributed by atoms with E-state index in [2.05, 4.69) is 63.6 Å². The zero-order chi connectivity index (χ0) is 22.6. The number of piperazine rings is 1. The zero-order valence-electron chi connectivity index (χ0n) is 18.6. The largest absolute Gasteiger partial charge is 0.491 e. The minimum atomic E-state index is -0.560. The van der Waals surface area contributed by atoms with Crippen molar-refractivity contribution in [3.63, 3.8) is 0 Å². The lowest BCUT2D eigenvalue weighted by molar-refractivity contribution is -0.115. The molecule has 0 spiro atoms. The van der Waals surface area contributed by atoms with Gasteiger partial charge in [0, 0.05) is 44.1 Å². The van der Waals surface area contributed by atoms with Crippen LogP contribution in [-0.2, 0) is 11.2 Å². The maximum Gasteiger partial charge on any atom is 0.228 e. The molecule has 1 saturated heterocycles. The summed E-state index contributed by atoms with van der Waals surface area (Å²) < 4.78 is 5.78. The van der Waals surface area contributed by atoms with Gasteiger partial charge < -0.3 is 20.1 Å². The summed E-state index contributed by atoms with van der Waals surface area (Å²) in [6, 6.07) is 24.7. The SMILES string of the molecule is O=C1Cc2cc(OC[C@@H](O)CN3CCN(c4ccc(-c5ccccc5)cc4)CC3)ccc2N1. The van der Waals surface area contributed by atoms with Crippen LogP contribution in [-0.4, -0.2) is 61.3 Å². The second-order valence-electron chi connectivity index (χ2n) is 8.71. The second-order valence-corrected chi connectivity index (χ2v) is 8.71. The molecule has 0 unspecified atom stereocenters. The Bertz CT molecular complexity index is 1090. The quantitative estimate of drug-likeness (QED) is 0.586. The average molecular weight is 444 g/mol. The Morgan fingerprint density at radius 1 is 0.909 bits per heavy atom. The standard InChI is InChI=1S/C27H29N3O3/c31-24(19-33-25-10-11-26-22(16-25)17-27(32)28-26)18-29-12-14-30(15-13-29)23-8-6-21(7-9-23)20-4-2-1-3-5-20/h1-11,16,24,31H,12-15,17-19H2,(H,28,32)/t24-/m0/s1. The van der Waals surface area contributed by atoms with Crippen LogP contribution in [0, 0.1) is 0 Å². The molecule has 0 radical (unpaired) electrons. The third-order valence-electron chi connectivity index (χ3n) is 6.33. The van der Waals surface area contributed by atoms with Gasteiger partial charge in [-0.2, -0.15) is 0 Å². The van der Waals surface area contributed by atoms with Gasteiger partial charge >= 0.3 is 0 Å². The molecule has 5 rings (SSSR count). The summed E-state index contributed by atoms with van der Waals surface area (Å²) in [5, 5.41) is 13.3. The molecule has 6 nitrogen and oxygen atoms in total. The third kappa shape index (κ3) is 5.18. The first kappa shape index (κ1) is 21.5.